The predicted molar refractivity (Wildman–Crippen MR) is 143 cm³/mol. The van der Waals surface area contributed by atoms with E-state index in [0.29, 0.717) is 16.8 Å². The molecule has 1 fully saturated rings. The Kier molecular flexibility index (Phi) is 8.63. The Balaban J connectivity index is 1.42. The van der Waals surface area contributed by atoms with E-state index < -0.39 is 51.3 Å². The van der Waals surface area contributed by atoms with Crippen LogP contribution in [0.4, 0.5) is 10.5 Å². The third-order valence-corrected chi connectivity index (χ3v) is 8.94. The summed E-state index contributed by atoms with van der Waals surface area (Å²) in [4.78, 5) is 50.2. The fourth-order valence-electron chi connectivity index (χ4n) is 3.95. The molecule has 9 N–H and O–H groups in total. The number of carboxylic acid groups (broad SMARTS) is 1. The van der Waals surface area contributed by atoms with E-state index in [1.165, 1.54) is 22.5 Å². The first-order valence-corrected chi connectivity index (χ1v) is 15.1. The molecule has 17 nitrogen and oxygen atoms in total. The number of primary amides is 1. The number of sulfonamides is 1. The highest BCUT2D eigenvalue weighted by molar-refractivity contribution is 8.01. The summed E-state index contributed by atoms with van der Waals surface area (Å²) in [5, 5.41) is 30.5. The first-order chi connectivity index (χ1) is 18.9. The Hall–Kier alpha value is -3.72. The van der Waals surface area contributed by atoms with Gasteiger partial charge in [0.15, 0.2) is 0 Å². The van der Waals surface area contributed by atoms with Crippen LogP contribution >= 0.6 is 23.5 Å². The summed E-state index contributed by atoms with van der Waals surface area (Å²) in [6, 6.07) is 3.22. The summed E-state index contributed by atoms with van der Waals surface area (Å²) in [5.41, 5.74) is 12.1. The van der Waals surface area contributed by atoms with Gasteiger partial charge in [-0.1, -0.05) is 23.9 Å². The number of aryl methyl sites for hydroxylation is 1. The average Bonchev–Trinajstić information content (AvgIpc) is 3.34. The number of carbonyl (C=O) groups is 4. The van der Waals surface area contributed by atoms with Crippen LogP contribution < -0.4 is 27.2 Å². The lowest BCUT2D eigenvalue weighted by molar-refractivity contribution is -0.150. The number of rotatable bonds is 11. The summed E-state index contributed by atoms with van der Waals surface area (Å²) in [5.74, 6) is -2.63. The maximum absolute atomic E-state index is 13.0. The minimum atomic E-state index is -3.74. The molecule has 0 radical (unpaired) electrons. The molecule has 3 heterocycles. The normalized spacial score (nSPS) is 19.4. The van der Waals surface area contributed by atoms with Crippen molar-refractivity contribution in [1.29, 1.82) is 0 Å². The highest BCUT2D eigenvalue weighted by atomic mass is 32.2. The number of fused-ring (bicyclic) bond motifs is 1. The van der Waals surface area contributed by atoms with Crippen LogP contribution in [0.2, 0.25) is 0 Å². The number of nitrogens with two attached hydrogens (primary N) is 3. The van der Waals surface area contributed by atoms with Gasteiger partial charge in [0.2, 0.25) is 21.1 Å². The number of thioether (sulfide) groups is 2. The number of amides is 4. The number of nitrogens with one attached hydrogen (secondary N) is 2. The number of nitrogens with zero attached hydrogens (tertiary/aromatic N) is 5. The first-order valence-electron chi connectivity index (χ1n) is 11.4. The molecule has 1 saturated heterocycles. The van der Waals surface area contributed by atoms with Crippen LogP contribution in [-0.4, -0.2) is 91.1 Å². The summed E-state index contributed by atoms with van der Waals surface area (Å²) in [6.45, 7) is -0.0874. The minimum absolute atomic E-state index is 0.0874. The fourth-order valence-corrected chi connectivity index (χ4v) is 6.76. The molecular formula is C20H24N10O7S3. The van der Waals surface area contributed by atoms with Crippen molar-refractivity contribution in [1.82, 2.24) is 30.4 Å². The molecule has 0 aliphatic carbocycles. The molecule has 4 rings (SSSR count). The number of hydrogen-bond donors (Lipinski definition) is 6. The van der Waals surface area contributed by atoms with Gasteiger partial charge in [0.1, 0.15) is 23.2 Å². The monoisotopic (exact) mass is 612 g/mol. The third-order valence-electron chi connectivity index (χ3n) is 5.81. The Morgan fingerprint density at radius 3 is 2.73 bits per heavy atom. The number of hydrogen-bond acceptors (Lipinski definition) is 12. The van der Waals surface area contributed by atoms with Gasteiger partial charge in [-0.2, -0.15) is 0 Å². The molecule has 3 atom stereocenters. The fraction of sp³-hybridized carbons (Fsp3) is 0.350. The molecule has 40 heavy (non-hydrogen) atoms. The number of aliphatic carboxylic acids is 1. The smallest absolute Gasteiger partial charge is 0.352 e. The zero-order valence-electron chi connectivity index (χ0n) is 20.5. The molecule has 3 unspecified atom stereocenters. The lowest BCUT2D eigenvalue weighted by Crippen LogP contribution is -2.71. The van der Waals surface area contributed by atoms with Crippen LogP contribution in [-0.2, 0) is 31.0 Å². The molecular weight excluding hydrogens is 588 g/mol. The lowest BCUT2D eigenvalue weighted by atomic mass is 10.0. The molecule has 2 aliphatic heterocycles. The van der Waals surface area contributed by atoms with Crippen molar-refractivity contribution in [2.45, 2.75) is 29.2 Å². The van der Waals surface area contributed by atoms with Crippen LogP contribution in [0, 0.1) is 0 Å². The van der Waals surface area contributed by atoms with Crippen LogP contribution in [0.15, 0.2) is 40.7 Å². The van der Waals surface area contributed by atoms with E-state index in [9.17, 15) is 32.7 Å². The molecule has 20 heteroatoms. The molecule has 214 valence electrons. The lowest BCUT2D eigenvalue weighted by Gasteiger charge is -2.49. The zero-order valence-corrected chi connectivity index (χ0v) is 22.9. The second-order valence-electron chi connectivity index (χ2n) is 8.59. The largest absolute Gasteiger partial charge is 0.477 e. The zero-order chi connectivity index (χ0) is 29.2. The molecule has 0 saturated carbocycles. The predicted octanol–water partition coefficient (Wildman–Crippen LogP) is -2.02. The first kappa shape index (κ1) is 29.3. The van der Waals surface area contributed by atoms with Gasteiger partial charge in [-0.25, -0.2) is 27.8 Å². The third kappa shape index (κ3) is 6.53. The average molecular weight is 613 g/mol. The SMILES string of the molecule is NC(=O)Nc1cccc(C(N)C(=O)NC2C(=O)N3C(C(=O)O)=C(CSc4nnnn4CCS(N)(=O)=O)CSC23)c1. The number of tetrazole rings is 1. The van der Waals surface area contributed by atoms with E-state index in [4.69, 9.17) is 16.6 Å². The van der Waals surface area contributed by atoms with Crippen LogP contribution in [0.3, 0.4) is 0 Å². The quantitative estimate of drug-likeness (QED) is 0.118. The number of carbonyl (C=O) groups excluding carboxylic acids is 3. The number of urea groups is 1. The maximum Gasteiger partial charge on any atom is 0.352 e. The van der Waals surface area contributed by atoms with Crippen molar-refractivity contribution >= 4 is 63.0 Å². The van der Waals surface area contributed by atoms with E-state index in [1.807, 2.05) is 0 Å². The number of aromatic nitrogens is 4. The van der Waals surface area contributed by atoms with Crippen molar-refractivity contribution in [2.75, 3.05) is 22.6 Å². The Labute approximate surface area is 235 Å². The van der Waals surface area contributed by atoms with Crippen molar-refractivity contribution in [2.24, 2.45) is 16.6 Å². The van der Waals surface area contributed by atoms with Gasteiger partial charge in [-0.3, -0.25) is 14.5 Å². The van der Waals surface area contributed by atoms with Gasteiger partial charge in [0, 0.05) is 17.2 Å². The molecule has 2 aliphatic rings. The van der Waals surface area contributed by atoms with Crippen LogP contribution in [0.1, 0.15) is 11.6 Å². The van der Waals surface area contributed by atoms with Gasteiger partial charge >= 0.3 is 12.0 Å². The number of primary sulfonamides is 1. The molecule has 0 bridgehead atoms. The highest BCUT2D eigenvalue weighted by Crippen LogP contribution is 2.41. The van der Waals surface area contributed by atoms with Gasteiger partial charge in [0.25, 0.3) is 5.91 Å². The highest BCUT2D eigenvalue weighted by Gasteiger charge is 2.54. The van der Waals surface area contributed by atoms with Crippen molar-refractivity contribution in [3.8, 4) is 0 Å². The van der Waals surface area contributed by atoms with Crippen LogP contribution in [0.5, 0.6) is 0 Å². The Morgan fingerprint density at radius 2 is 2.05 bits per heavy atom. The Bertz CT molecular complexity index is 1490. The van der Waals surface area contributed by atoms with E-state index in [-0.39, 0.29) is 34.7 Å². The standard InChI is InChI=1S/C20H24N10O7S3/c21-12(9-2-1-3-11(6-9)24-19(22)35)15(31)25-13-16(32)30-14(18(33)34)10(7-38-17(13)30)8-39-20-26-27-28-29(20)4-5-40(23,36)37/h1-3,6,12-13,17H,4-5,7-8,21H2,(H,25,31)(H,33,34)(H3,22,24,35)(H2,23,36,37). The van der Waals surface area contributed by atoms with Crippen molar-refractivity contribution in [3.05, 3.63) is 41.1 Å². The number of carboxylic acids is 1. The number of β-lactam (4-membered cyclic amide) rings is 1. The van der Waals surface area contributed by atoms with Gasteiger partial charge in [0.05, 0.1) is 12.3 Å². The molecule has 4 amide bonds. The summed E-state index contributed by atoms with van der Waals surface area (Å²) < 4.78 is 23.7. The summed E-state index contributed by atoms with van der Waals surface area (Å²) >= 11 is 2.34. The minimum Gasteiger partial charge on any atom is -0.477 e. The van der Waals surface area contributed by atoms with Crippen molar-refractivity contribution < 1.29 is 32.7 Å². The second kappa shape index (κ2) is 11.8. The van der Waals surface area contributed by atoms with E-state index in [0.717, 1.165) is 16.7 Å². The molecule has 0 spiro atoms. The molecule has 2 aromatic rings. The topological polar surface area (TPSA) is 272 Å². The van der Waals surface area contributed by atoms with E-state index in [2.05, 4.69) is 26.2 Å². The number of anilines is 1. The van der Waals surface area contributed by atoms with Crippen molar-refractivity contribution in [3.63, 3.8) is 0 Å². The molecule has 1 aromatic heterocycles. The summed E-state index contributed by atoms with van der Waals surface area (Å²) in [7, 11) is -3.74. The summed E-state index contributed by atoms with van der Waals surface area (Å²) in [6.07, 6.45) is 0. The Morgan fingerprint density at radius 1 is 1.30 bits per heavy atom. The van der Waals surface area contributed by atoms with Gasteiger partial charge in [-0.15, -0.1) is 16.9 Å². The van der Waals surface area contributed by atoms with Crippen LogP contribution in [0.25, 0.3) is 0 Å². The second-order valence-corrected chi connectivity index (χ2v) is 12.4. The van der Waals surface area contributed by atoms with E-state index in [1.54, 1.807) is 18.2 Å². The molecule has 1 aromatic carbocycles. The van der Waals surface area contributed by atoms with Gasteiger partial charge < -0.3 is 27.2 Å². The maximum atomic E-state index is 13.0. The number of benzene rings is 1. The van der Waals surface area contributed by atoms with Gasteiger partial charge in [-0.05, 0) is 33.7 Å². The van der Waals surface area contributed by atoms with E-state index >= 15 is 0 Å².